The average Bonchev–Trinajstić information content (AvgIpc) is 2.97. The van der Waals surface area contributed by atoms with Crippen LogP contribution in [0.15, 0.2) is 0 Å². The topological polar surface area (TPSA) is 189 Å². The predicted octanol–water partition coefficient (Wildman–Crippen LogP) is 10.6. The average molecular weight is 1080 g/mol. The van der Waals surface area contributed by atoms with Crippen molar-refractivity contribution in [3.8, 4) is 0 Å². The molecule has 0 unspecified atom stereocenters. The van der Waals surface area contributed by atoms with Gasteiger partial charge in [-0.3, -0.25) is 8.39 Å². The number of sulfone groups is 1. The molecule has 1 aliphatic rings. The largest absolute Gasteiger partial charge is 0.673 e. The molecule has 1 rings (SSSR count). The van der Waals surface area contributed by atoms with Gasteiger partial charge in [0.25, 0.3) is 10.1 Å². The second-order valence-electron chi connectivity index (χ2n) is 11.3. The first-order chi connectivity index (χ1) is 24.0. The first-order valence-electron chi connectivity index (χ1n) is 17.2. The normalized spacial score (nSPS) is 13.0. The van der Waals surface area contributed by atoms with Crippen molar-refractivity contribution in [1.29, 1.82) is 0 Å². The summed E-state index contributed by atoms with van der Waals surface area (Å²) >= 11 is -8.32. The van der Waals surface area contributed by atoms with Gasteiger partial charge in [-0.25, -0.2) is 8.42 Å². The van der Waals surface area contributed by atoms with Gasteiger partial charge >= 0.3 is 106 Å². The van der Waals surface area contributed by atoms with E-state index in [0.29, 0.717) is 10.8 Å². The quantitative estimate of drug-likeness (QED) is 0.145. The minimum atomic E-state index is -6.00. The van der Waals surface area contributed by atoms with Crippen molar-refractivity contribution in [3.63, 3.8) is 0 Å². The van der Waals surface area contributed by atoms with Crippen LogP contribution in [0.25, 0.3) is 0 Å². The molecule has 354 valence electrons. The minimum Gasteiger partial charge on any atom is -0.418 e. The molecule has 0 aromatic heterocycles. The molecule has 0 N–H and O–H groups in total. The molecule has 0 radical (unpaired) electrons. The van der Waals surface area contributed by atoms with Gasteiger partial charge in [-0.2, -0.15) is 8.42 Å². The van der Waals surface area contributed by atoms with Crippen molar-refractivity contribution in [2.45, 2.75) is 152 Å². The van der Waals surface area contributed by atoms with Gasteiger partial charge in [0, 0.05) is 35.8 Å². The molecule has 23 heteroatoms. The molecule has 12 nitrogen and oxygen atoms in total. The molecule has 1 fully saturated rings. The Hall–Kier alpha value is 0.313. The van der Waals surface area contributed by atoms with E-state index in [1.54, 1.807) is 24.2 Å². The molecular weight excluding hydrogens is 996 g/mol. The Labute approximate surface area is 348 Å². The van der Waals surface area contributed by atoms with Crippen LogP contribution in [-0.2, 0) is 57.9 Å². The van der Waals surface area contributed by atoms with Crippen LogP contribution in [0.1, 0.15) is 123 Å². The van der Waals surface area contributed by atoms with Crippen molar-refractivity contribution >= 4 is 77.6 Å². The van der Waals surface area contributed by atoms with Crippen LogP contribution in [0.2, 0.25) is 29.1 Å². The van der Waals surface area contributed by atoms with Crippen molar-refractivity contribution in [3.05, 3.63) is 0 Å². The van der Waals surface area contributed by atoms with Crippen molar-refractivity contribution in [1.82, 2.24) is 0 Å². The van der Waals surface area contributed by atoms with Crippen molar-refractivity contribution < 1.29 is 65.5 Å². The van der Waals surface area contributed by atoms with E-state index in [4.69, 9.17) is 0 Å². The van der Waals surface area contributed by atoms with Gasteiger partial charge in [0.1, 0.15) is 9.84 Å². The van der Waals surface area contributed by atoms with E-state index in [1.165, 1.54) is 37.3 Å². The fraction of sp³-hybridized carbons (Fsp3) is 1.00. The third-order valence-corrected chi connectivity index (χ3v) is 5.44. The Bertz CT molecular complexity index is 1100. The molecule has 1 saturated carbocycles. The van der Waals surface area contributed by atoms with E-state index in [1.807, 2.05) is 69.2 Å². The summed E-state index contributed by atoms with van der Waals surface area (Å²) in [5, 5.41) is 0. The molecular formula is C32H86BF4O12S3Se3-. The predicted molar refractivity (Wildman–Crippen MR) is 233 cm³/mol. The molecule has 0 aromatic carbocycles. The second-order valence-corrected chi connectivity index (χ2v) is 28.4. The zero-order valence-corrected chi connectivity index (χ0v) is 46.9. The van der Waals surface area contributed by atoms with Crippen LogP contribution in [0.5, 0.6) is 0 Å². The standard InChI is InChI=1S/C10H20.C2H6O3S.C2H6O3Se.C2H6O2S.C2H6O2Se.C2H6OS.C2H6OSe.5C2H6.BF4/c1-9(2)5-7-10(3,4)8-6-9;2*1-5-6(2,3)4;2*1-5(2,3)4;2*1-4(2)3;5*1-2;2-1(3,4)5/h5-8H2,1-4H3;2*1-2H3;2*1-2H3;2*1-2H3;5*1-2H3;/q;;;;;;;;;;;;-1. The van der Waals surface area contributed by atoms with Gasteiger partial charge in [0.05, 0.1) is 13.4 Å². The summed E-state index contributed by atoms with van der Waals surface area (Å²) in [6.45, 7) is 29.6. The first-order valence-corrected chi connectivity index (χ1v) is 36.0. The monoisotopic (exact) mass is 1090 g/mol. The zero-order valence-electron chi connectivity index (χ0n) is 39.3. The molecule has 0 atom stereocenters. The third kappa shape index (κ3) is 360. The maximum absolute atomic E-state index is 9.85. The maximum atomic E-state index is 9.85. The number of rotatable bonds is 2. The fourth-order valence-electron chi connectivity index (χ4n) is 1.60. The first kappa shape index (κ1) is 87.0. The molecule has 1 aliphatic carbocycles. The van der Waals surface area contributed by atoms with Gasteiger partial charge < -0.3 is 17.3 Å². The Morgan fingerprint density at radius 1 is 0.618 bits per heavy atom. The smallest absolute Gasteiger partial charge is 0.418 e. The van der Waals surface area contributed by atoms with Crippen LogP contribution < -0.4 is 0 Å². The SMILES string of the molecule is CC.CC.CC.CC.CC.CC1(C)CCC(C)(C)CC1.COS(C)(=O)=O.CO[Se](C)(=O)=O.CS(C)(=O)=O.CS(C)=O.C[Se](C)(=O)=O.C[Se](C)=O.F[B-](F)(F)F. The van der Waals surface area contributed by atoms with Crippen LogP contribution in [0.4, 0.5) is 17.3 Å². The van der Waals surface area contributed by atoms with Crippen LogP contribution in [0, 0.1) is 10.8 Å². The summed E-state index contributed by atoms with van der Waals surface area (Å²) in [6.07, 6.45) is 12.3. The molecule has 0 amide bonds. The van der Waals surface area contributed by atoms with E-state index in [9.17, 15) is 57.5 Å². The fourth-order valence-corrected chi connectivity index (χ4v) is 1.60. The molecule has 0 bridgehead atoms. The summed E-state index contributed by atoms with van der Waals surface area (Å²) in [5.74, 6) is 7.00. The van der Waals surface area contributed by atoms with Crippen LogP contribution >= 0.6 is 0 Å². The Kier molecular flexibility index (Phi) is 82.8. The van der Waals surface area contributed by atoms with E-state index in [0.717, 1.165) is 38.8 Å². The van der Waals surface area contributed by atoms with E-state index >= 15 is 0 Å². The summed E-state index contributed by atoms with van der Waals surface area (Å²) in [4.78, 5) is 0. The Morgan fingerprint density at radius 3 is 0.727 bits per heavy atom. The Morgan fingerprint density at radius 2 is 0.691 bits per heavy atom. The molecule has 0 aliphatic heterocycles. The Balaban J connectivity index is -0.0000000378. The maximum Gasteiger partial charge on any atom is 0.673 e. The third-order valence-electron chi connectivity index (χ3n) is 3.56. The number of hydrogen-bond donors (Lipinski definition) is 0. The van der Waals surface area contributed by atoms with Crippen LogP contribution in [-0.4, -0.2) is 113 Å². The minimum absolute atomic E-state index is 0.611. The number of halogens is 4. The molecule has 0 heterocycles. The molecule has 0 spiro atoms. The van der Waals surface area contributed by atoms with Gasteiger partial charge in [0.2, 0.25) is 0 Å². The zero-order chi connectivity index (χ0) is 48.9. The summed E-state index contributed by atoms with van der Waals surface area (Å²) in [7, 11) is -10.2. The number of hydrogen-bond acceptors (Lipinski definition) is 12. The summed E-state index contributed by atoms with van der Waals surface area (Å²) in [6, 6.07) is 0. The van der Waals surface area contributed by atoms with Gasteiger partial charge in [-0.15, -0.1) is 0 Å². The summed E-state index contributed by atoms with van der Waals surface area (Å²) < 4.78 is 144. The van der Waals surface area contributed by atoms with Crippen molar-refractivity contribution in [2.24, 2.45) is 10.8 Å². The van der Waals surface area contributed by atoms with Gasteiger partial charge in [-0.1, -0.05) is 96.9 Å². The van der Waals surface area contributed by atoms with Gasteiger partial charge in [-0.05, 0) is 36.5 Å². The second kappa shape index (κ2) is 52.3. The van der Waals surface area contributed by atoms with Crippen molar-refractivity contribution in [2.75, 3.05) is 45.5 Å². The molecule has 0 saturated heterocycles. The molecule has 55 heavy (non-hydrogen) atoms. The molecule has 0 aromatic rings. The van der Waals surface area contributed by atoms with E-state index < -0.39 is 77.6 Å². The van der Waals surface area contributed by atoms with Gasteiger partial charge in [0.15, 0.2) is 0 Å². The van der Waals surface area contributed by atoms with E-state index in [2.05, 4.69) is 35.7 Å². The van der Waals surface area contributed by atoms with Crippen LogP contribution in [0.3, 0.4) is 0 Å². The summed E-state index contributed by atoms with van der Waals surface area (Å²) in [5.41, 5.74) is 1.27. The van der Waals surface area contributed by atoms with E-state index in [-0.39, 0.29) is 0 Å².